The number of hydrogen-bond donors (Lipinski definition) is 10. The van der Waals surface area contributed by atoms with Gasteiger partial charge in [-0.1, -0.05) is 0 Å². The largest absolute Gasteiger partial charge is 0.481 e. The Labute approximate surface area is 194 Å². The maximum atomic E-state index is 10.2. The van der Waals surface area contributed by atoms with Gasteiger partial charge in [0.25, 0.3) is 0 Å². The molecule has 0 radical (unpaired) electrons. The number of carbonyl (C=O) groups is 5. The average Bonchev–Trinajstić information content (AvgIpc) is 2.72. The molecule has 34 heavy (non-hydrogen) atoms. The molecule has 196 valence electrons. The Morgan fingerprint density at radius 1 is 0.647 bits per heavy atom. The van der Waals surface area contributed by atoms with E-state index in [0.717, 1.165) is 0 Å². The van der Waals surface area contributed by atoms with Gasteiger partial charge in [0.05, 0.1) is 6.42 Å². The van der Waals surface area contributed by atoms with Gasteiger partial charge < -0.3 is 54.8 Å². The summed E-state index contributed by atoms with van der Waals surface area (Å²) in [5.74, 6) is -5.80. The van der Waals surface area contributed by atoms with Gasteiger partial charge in [-0.3, -0.25) is 29.2 Å². The standard InChI is InChI=1S/2C6H14N4O2.C5H6O5/c2*7-4(5(11)12)2-1-3-10-6(8)9;6-3(5(9)10)1-2-4(7)8/h2*4H,1-3,7H2,(H,11,12)(H4,8,9,10);1-2H2,(H,7,8)(H,9,10)/t2*4-;/m10./s1. The Morgan fingerprint density at radius 3 is 1.24 bits per heavy atom. The van der Waals surface area contributed by atoms with Gasteiger partial charge in [0.1, 0.15) is 12.1 Å². The summed E-state index contributed by atoms with van der Waals surface area (Å²) in [6.07, 6.45) is 1.05. The number of ketones is 1. The van der Waals surface area contributed by atoms with E-state index in [0.29, 0.717) is 38.8 Å². The van der Waals surface area contributed by atoms with Crippen LogP contribution in [0.3, 0.4) is 0 Å². The van der Waals surface area contributed by atoms with Crippen LogP contribution in [0.5, 0.6) is 0 Å². The van der Waals surface area contributed by atoms with Gasteiger partial charge in [0.2, 0.25) is 5.78 Å². The summed E-state index contributed by atoms with van der Waals surface area (Å²) in [5.41, 5.74) is 30.6. The third-order valence-corrected chi connectivity index (χ3v) is 3.37. The zero-order valence-corrected chi connectivity index (χ0v) is 18.5. The van der Waals surface area contributed by atoms with E-state index in [1.165, 1.54) is 0 Å². The van der Waals surface area contributed by atoms with Crippen molar-refractivity contribution in [2.75, 3.05) is 13.1 Å². The molecule has 0 amide bonds. The predicted molar refractivity (Wildman–Crippen MR) is 121 cm³/mol. The van der Waals surface area contributed by atoms with Crippen LogP contribution in [-0.4, -0.2) is 87.2 Å². The lowest BCUT2D eigenvalue weighted by atomic mass is 10.2. The number of aliphatic carboxylic acids is 4. The van der Waals surface area contributed by atoms with Gasteiger partial charge in [-0.15, -0.1) is 0 Å². The molecule has 0 aliphatic rings. The summed E-state index contributed by atoms with van der Waals surface area (Å²) >= 11 is 0. The number of carbonyl (C=O) groups excluding carboxylic acids is 1. The topological polar surface area (TPSA) is 347 Å². The van der Waals surface area contributed by atoms with Crippen molar-refractivity contribution in [1.82, 2.24) is 0 Å². The van der Waals surface area contributed by atoms with Crippen molar-refractivity contribution in [1.29, 1.82) is 0 Å². The molecular formula is C17H34N8O9. The highest BCUT2D eigenvalue weighted by Crippen LogP contribution is 1.95. The van der Waals surface area contributed by atoms with Crippen LogP contribution in [0.15, 0.2) is 9.98 Å². The van der Waals surface area contributed by atoms with Crippen molar-refractivity contribution in [3.05, 3.63) is 0 Å². The Kier molecular flexibility index (Phi) is 21.3. The molecule has 0 aromatic rings. The van der Waals surface area contributed by atoms with E-state index in [4.69, 9.17) is 54.8 Å². The monoisotopic (exact) mass is 494 g/mol. The Bertz CT molecular complexity index is 680. The molecule has 17 heteroatoms. The second-order valence-electron chi connectivity index (χ2n) is 6.41. The zero-order valence-electron chi connectivity index (χ0n) is 18.5. The second kappa shape index (κ2) is 20.9. The molecule has 16 N–H and O–H groups in total. The first-order valence-electron chi connectivity index (χ1n) is 9.67. The number of guanidine groups is 2. The van der Waals surface area contributed by atoms with Crippen molar-refractivity contribution in [3.63, 3.8) is 0 Å². The second-order valence-corrected chi connectivity index (χ2v) is 6.41. The number of carboxylic acids is 4. The normalized spacial score (nSPS) is 11.1. The van der Waals surface area contributed by atoms with Crippen LogP contribution in [-0.2, 0) is 24.0 Å². The minimum absolute atomic E-state index is 0.0129. The highest BCUT2D eigenvalue weighted by Gasteiger charge is 2.12. The lowest BCUT2D eigenvalue weighted by molar-refractivity contribution is -0.149. The van der Waals surface area contributed by atoms with E-state index in [2.05, 4.69) is 9.98 Å². The number of nitrogens with two attached hydrogens (primary N) is 6. The van der Waals surface area contributed by atoms with E-state index in [-0.39, 0.29) is 11.9 Å². The number of nitrogens with zero attached hydrogens (tertiary/aromatic N) is 2. The molecule has 0 heterocycles. The summed E-state index contributed by atoms with van der Waals surface area (Å²) in [6, 6.07) is -1.64. The molecule has 0 aromatic heterocycles. The molecule has 2 atom stereocenters. The molecule has 0 fully saturated rings. The molecular weight excluding hydrogens is 460 g/mol. The Balaban J connectivity index is -0.000000426. The smallest absolute Gasteiger partial charge is 0.372 e. The van der Waals surface area contributed by atoms with Gasteiger partial charge in [-0.2, -0.15) is 0 Å². The maximum absolute atomic E-state index is 10.2. The molecule has 0 unspecified atom stereocenters. The van der Waals surface area contributed by atoms with E-state index in [1.807, 2.05) is 0 Å². The molecule has 0 aliphatic heterocycles. The van der Waals surface area contributed by atoms with Gasteiger partial charge >= 0.3 is 23.9 Å². The van der Waals surface area contributed by atoms with Crippen LogP contribution in [0.25, 0.3) is 0 Å². The van der Waals surface area contributed by atoms with Gasteiger partial charge in [0.15, 0.2) is 11.9 Å². The highest BCUT2D eigenvalue weighted by molar-refractivity contribution is 6.32. The first-order chi connectivity index (χ1) is 15.6. The van der Waals surface area contributed by atoms with E-state index >= 15 is 0 Å². The Hall–Kier alpha value is -3.99. The number of Topliss-reactive ketones (excluding diaryl/α,β-unsaturated/α-hetero) is 1. The fourth-order valence-corrected chi connectivity index (χ4v) is 1.61. The van der Waals surface area contributed by atoms with Gasteiger partial charge in [0, 0.05) is 19.5 Å². The number of hydrogen-bond acceptors (Lipinski definition) is 9. The molecule has 0 bridgehead atoms. The summed E-state index contributed by atoms with van der Waals surface area (Å²) in [4.78, 5) is 57.5. The van der Waals surface area contributed by atoms with E-state index in [1.54, 1.807) is 0 Å². The molecule has 17 nitrogen and oxygen atoms in total. The first-order valence-corrected chi connectivity index (χ1v) is 9.67. The van der Waals surface area contributed by atoms with E-state index in [9.17, 15) is 24.0 Å². The van der Waals surface area contributed by atoms with Crippen LogP contribution < -0.4 is 34.4 Å². The number of rotatable bonds is 14. The molecule has 0 saturated carbocycles. The summed E-state index contributed by atoms with van der Waals surface area (Å²) < 4.78 is 0. The first kappa shape index (κ1) is 34.6. The quantitative estimate of drug-likeness (QED) is 0.0482. The van der Waals surface area contributed by atoms with Crippen molar-refractivity contribution in [2.24, 2.45) is 44.4 Å². The number of carboxylic acid groups (broad SMARTS) is 4. The van der Waals surface area contributed by atoms with Crippen LogP contribution in [0.1, 0.15) is 38.5 Å². The molecule has 0 aromatic carbocycles. The lowest BCUT2D eigenvalue weighted by Crippen LogP contribution is -2.30. The van der Waals surface area contributed by atoms with E-state index < -0.39 is 54.6 Å². The van der Waals surface area contributed by atoms with Gasteiger partial charge in [-0.05, 0) is 25.7 Å². The average molecular weight is 495 g/mol. The predicted octanol–water partition coefficient (Wildman–Crippen LogP) is -3.59. The maximum Gasteiger partial charge on any atom is 0.372 e. The summed E-state index contributed by atoms with van der Waals surface area (Å²) in [5, 5.41) is 32.7. The fourth-order valence-electron chi connectivity index (χ4n) is 1.61. The van der Waals surface area contributed by atoms with Crippen molar-refractivity contribution in [3.8, 4) is 0 Å². The third-order valence-electron chi connectivity index (χ3n) is 3.37. The molecule has 0 saturated heterocycles. The lowest BCUT2D eigenvalue weighted by Gasteiger charge is -2.03. The SMILES string of the molecule is NC(N)=NCCC[C@@H](N)C(=O)O.NC(N)=NCCC[C@H](N)C(=O)O.O=C(O)CCC(=O)C(=O)O. The minimum Gasteiger partial charge on any atom is -0.481 e. The van der Waals surface area contributed by atoms with Crippen LogP contribution in [0.4, 0.5) is 0 Å². The van der Waals surface area contributed by atoms with Crippen molar-refractivity contribution in [2.45, 2.75) is 50.6 Å². The molecule has 0 rings (SSSR count). The van der Waals surface area contributed by atoms with Crippen LogP contribution in [0.2, 0.25) is 0 Å². The summed E-state index contributed by atoms with van der Waals surface area (Å²) in [6.45, 7) is 0.840. The highest BCUT2D eigenvalue weighted by atomic mass is 16.4. The minimum atomic E-state index is -1.58. The number of aliphatic imine (C=N–C) groups is 2. The van der Waals surface area contributed by atoms with Crippen LogP contribution >= 0.6 is 0 Å². The zero-order chi connectivity index (χ0) is 27.3. The van der Waals surface area contributed by atoms with Crippen LogP contribution in [0, 0.1) is 0 Å². The summed E-state index contributed by atoms with van der Waals surface area (Å²) in [7, 11) is 0. The molecule has 0 spiro atoms. The molecule has 0 aliphatic carbocycles. The van der Waals surface area contributed by atoms with Crippen molar-refractivity contribution >= 4 is 41.6 Å². The van der Waals surface area contributed by atoms with Crippen molar-refractivity contribution < 1.29 is 44.4 Å². The Morgan fingerprint density at radius 2 is 1.00 bits per heavy atom. The van der Waals surface area contributed by atoms with Gasteiger partial charge in [-0.25, -0.2) is 4.79 Å². The fraction of sp³-hybridized carbons (Fsp3) is 0.588. The third kappa shape index (κ3) is 28.0.